The molecule has 134 valence electrons. The van der Waals surface area contributed by atoms with Crippen LogP contribution in [0.25, 0.3) is 0 Å². The number of esters is 1. The molecule has 1 saturated heterocycles. The van der Waals surface area contributed by atoms with Crippen LogP contribution in [0, 0.1) is 11.8 Å². The van der Waals surface area contributed by atoms with Crippen molar-refractivity contribution >= 4 is 5.97 Å². The number of hydrogen-bond acceptors (Lipinski definition) is 5. The van der Waals surface area contributed by atoms with Crippen molar-refractivity contribution in [3.8, 4) is 0 Å². The van der Waals surface area contributed by atoms with Gasteiger partial charge >= 0.3 is 5.97 Å². The zero-order valence-corrected chi connectivity index (χ0v) is 14.8. The minimum atomic E-state index is -0.742. The van der Waals surface area contributed by atoms with Gasteiger partial charge in [-0.25, -0.2) is 0 Å². The fourth-order valence-corrected chi connectivity index (χ4v) is 2.90. The molecule has 0 spiro atoms. The van der Waals surface area contributed by atoms with E-state index >= 15 is 0 Å². The van der Waals surface area contributed by atoms with Crippen molar-refractivity contribution in [3.63, 3.8) is 0 Å². The van der Waals surface area contributed by atoms with E-state index in [4.69, 9.17) is 19.9 Å². The molecule has 0 bridgehead atoms. The van der Waals surface area contributed by atoms with Gasteiger partial charge in [0.15, 0.2) is 0 Å². The van der Waals surface area contributed by atoms with Crippen molar-refractivity contribution in [3.05, 3.63) is 35.9 Å². The van der Waals surface area contributed by atoms with Crippen LogP contribution in [-0.2, 0) is 25.4 Å². The molecule has 1 aromatic carbocycles. The Balaban J connectivity index is 2.17. The Morgan fingerprint density at radius 2 is 1.96 bits per heavy atom. The Hall–Kier alpha value is -1.43. The highest BCUT2D eigenvalue weighted by Gasteiger charge is 2.34. The third kappa shape index (κ3) is 5.58. The molecule has 0 unspecified atom stereocenters. The summed E-state index contributed by atoms with van der Waals surface area (Å²) in [5.41, 5.74) is 7.02. The van der Waals surface area contributed by atoms with Gasteiger partial charge in [0.1, 0.15) is 12.1 Å². The SMILES string of the molecule is CC(C)CO[C@@H]1[C@@H](Cc2ccccc2)COC[C@H](N)C(=O)O[C@H]1C. The van der Waals surface area contributed by atoms with Gasteiger partial charge < -0.3 is 19.9 Å². The van der Waals surface area contributed by atoms with E-state index in [9.17, 15) is 4.79 Å². The van der Waals surface area contributed by atoms with Crippen molar-refractivity contribution in [2.45, 2.75) is 45.4 Å². The van der Waals surface area contributed by atoms with Crippen molar-refractivity contribution in [1.29, 1.82) is 0 Å². The van der Waals surface area contributed by atoms with Gasteiger partial charge in [-0.15, -0.1) is 0 Å². The lowest BCUT2D eigenvalue weighted by Crippen LogP contribution is -2.42. The molecular weight excluding hydrogens is 306 g/mol. The first kappa shape index (κ1) is 18.9. The fourth-order valence-electron chi connectivity index (χ4n) is 2.90. The highest BCUT2D eigenvalue weighted by Crippen LogP contribution is 2.23. The molecular formula is C19H29NO4. The molecule has 1 aliphatic rings. The smallest absolute Gasteiger partial charge is 0.325 e. The largest absolute Gasteiger partial charge is 0.459 e. The van der Waals surface area contributed by atoms with Crippen molar-refractivity contribution in [1.82, 2.24) is 0 Å². The summed E-state index contributed by atoms with van der Waals surface area (Å²) in [6.45, 7) is 7.36. The van der Waals surface area contributed by atoms with Crippen LogP contribution >= 0.6 is 0 Å². The Bertz CT molecular complexity index is 505. The Kier molecular flexibility index (Phi) is 7.21. The van der Waals surface area contributed by atoms with Crippen molar-refractivity contribution in [2.75, 3.05) is 19.8 Å². The van der Waals surface area contributed by atoms with E-state index in [1.54, 1.807) is 0 Å². The van der Waals surface area contributed by atoms with Gasteiger partial charge in [-0.05, 0) is 24.8 Å². The molecule has 0 aliphatic carbocycles. The van der Waals surface area contributed by atoms with Gasteiger partial charge in [0.25, 0.3) is 0 Å². The number of rotatable bonds is 5. The third-order valence-corrected chi connectivity index (χ3v) is 4.12. The average Bonchev–Trinajstić information content (AvgIpc) is 2.58. The highest BCUT2D eigenvalue weighted by molar-refractivity contribution is 5.75. The first-order valence-electron chi connectivity index (χ1n) is 8.66. The number of benzene rings is 1. The topological polar surface area (TPSA) is 70.8 Å². The van der Waals surface area contributed by atoms with Gasteiger partial charge in [0, 0.05) is 12.5 Å². The third-order valence-electron chi connectivity index (χ3n) is 4.12. The Morgan fingerprint density at radius 1 is 1.25 bits per heavy atom. The second-order valence-corrected chi connectivity index (χ2v) is 6.93. The summed E-state index contributed by atoms with van der Waals surface area (Å²) in [6, 6.07) is 9.49. The zero-order valence-electron chi connectivity index (χ0n) is 14.8. The summed E-state index contributed by atoms with van der Waals surface area (Å²) in [4.78, 5) is 12.0. The summed E-state index contributed by atoms with van der Waals surface area (Å²) in [6.07, 6.45) is 0.223. The van der Waals surface area contributed by atoms with Crippen LogP contribution in [0.3, 0.4) is 0 Å². The van der Waals surface area contributed by atoms with Crippen LogP contribution in [0.5, 0.6) is 0 Å². The summed E-state index contributed by atoms with van der Waals surface area (Å²) in [5.74, 6) is 0.0707. The molecule has 1 aromatic rings. The summed E-state index contributed by atoms with van der Waals surface area (Å²) >= 11 is 0. The van der Waals surface area contributed by atoms with Crippen LogP contribution in [0.4, 0.5) is 0 Å². The molecule has 4 atom stereocenters. The molecule has 0 aromatic heterocycles. The van der Waals surface area contributed by atoms with Crippen LogP contribution in [0.1, 0.15) is 26.3 Å². The Labute approximate surface area is 144 Å². The number of carbonyl (C=O) groups is 1. The van der Waals surface area contributed by atoms with Crippen molar-refractivity contribution < 1.29 is 19.0 Å². The van der Waals surface area contributed by atoms with E-state index in [0.717, 1.165) is 6.42 Å². The van der Waals surface area contributed by atoms with E-state index in [2.05, 4.69) is 26.0 Å². The van der Waals surface area contributed by atoms with Gasteiger partial charge in [-0.3, -0.25) is 4.79 Å². The number of cyclic esters (lactones) is 1. The van der Waals surface area contributed by atoms with Gasteiger partial charge in [-0.1, -0.05) is 44.2 Å². The Morgan fingerprint density at radius 3 is 2.62 bits per heavy atom. The van der Waals surface area contributed by atoms with Crippen LogP contribution < -0.4 is 5.73 Å². The molecule has 0 radical (unpaired) electrons. The second kappa shape index (κ2) is 9.16. The van der Waals surface area contributed by atoms with Gasteiger partial charge in [0.05, 0.1) is 19.3 Å². The highest BCUT2D eigenvalue weighted by atomic mass is 16.6. The van der Waals surface area contributed by atoms with Gasteiger partial charge in [0.2, 0.25) is 0 Å². The first-order chi connectivity index (χ1) is 11.5. The maximum Gasteiger partial charge on any atom is 0.325 e. The van der Waals surface area contributed by atoms with E-state index < -0.39 is 12.0 Å². The summed E-state index contributed by atoms with van der Waals surface area (Å²) < 4.78 is 17.3. The van der Waals surface area contributed by atoms with Crippen LogP contribution in [0.15, 0.2) is 30.3 Å². The number of nitrogens with two attached hydrogens (primary N) is 1. The van der Waals surface area contributed by atoms with E-state index in [1.807, 2.05) is 25.1 Å². The molecule has 2 N–H and O–H groups in total. The first-order valence-corrected chi connectivity index (χ1v) is 8.66. The lowest BCUT2D eigenvalue weighted by molar-refractivity contribution is -0.160. The second-order valence-electron chi connectivity index (χ2n) is 6.93. The summed E-state index contributed by atoms with van der Waals surface area (Å²) in [7, 11) is 0. The zero-order chi connectivity index (χ0) is 17.5. The maximum atomic E-state index is 12.0. The van der Waals surface area contributed by atoms with Crippen LogP contribution in [0.2, 0.25) is 0 Å². The predicted molar refractivity (Wildman–Crippen MR) is 92.6 cm³/mol. The molecule has 5 heteroatoms. The maximum absolute atomic E-state index is 12.0. The fraction of sp³-hybridized carbons (Fsp3) is 0.632. The normalized spacial score (nSPS) is 28.8. The monoisotopic (exact) mass is 335 g/mol. The molecule has 0 amide bonds. The molecule has 24 heavy (non-hydrogen) atoms. The molecule has 1 heterocycles. The van der Waals surface area contributed by atoms with E-state index in [1.165, 1.54) is 5.56 Å². The minimum absolute atomic E-state index is 0.0965. The molecule has 0 saturated carbocycles. The molecule has 1 fully saturated rings. The quantitative estimate of drug-likeness (QED) is 0.835. The van der Waals surface area contributed by atoms with E-state index in [-0.39, 0.29) is 24.7 Å². The lowest BCUT2D eigenvalue weighted by atomic mass is 9.91. The molecule has 2 rings (SSSR count). The van der Waals surface area contributed by atoms with Crippen molar-refractivity contribution in [2.24, 2.45) is 17.6 Å². The number of hydrogen-bond donors (Lipinski definition) is 1. The average molecular weight is 335 g/mol. The van der Waals surface area contributed by atoms with Crippen LogP contribution in [-0.4, -0.2) is 44.0 Å². The lowest BCUT2D eigenvalue weighted by Gasteiger charge is -2.31. The number of carbonyl (C=O) groups excluding carboxylic acids is 1. The molecule has 5 nitrogen and oxygen atoms in total. The minimum Gasteiger partial charge on any atom is -0.459 e. The van der Waals surface area contributed by atoms with Gasteiger partial charge in [-0.2, -0.15) is 0 Å². The predicted octanol–water partition coefficient (Wildman–Crippen LogP) is 2.18. The van der Waals surface area contributed by atoms with E-state index in [0.29, 0.717) is 19.1 Å². The standard InChI is InChI=1S/C19H29NO4/c1-13(2)10-23-18-14(3)24-19(21)17(20)12-22-11-16(18)9-15-7-5-4-6-8-15/h4-8,13-14,16-18H,9-12,20H2,1-3H3/t14-,16-,17-,18-/m0/s1. The number of ether oxygens (including phenoxy) is 3. The molecule has 1 aliphatic heterocycles. The summed E-state index contributed by atoms with van der Waals surface area (Å²) in [5, 5.41) is 0.